The zero-order chi connectivity index (χ0) is 40.0. The number of aryl methyl sites for hydroxylation is 1. The summed E-state index contributed by atoms with van der Waals surface area (Å²) in [5.74, 6) is 0.366. The van der Waals surface area contributed by atoms with E-state index in [1.165, 1.54) is 99.9 Å². The highest BCUT2D eigenvalue weighted by Crippen LogP contribution is 2.66. The van der Waals surface area contributed by atoms with Crippen LogP contribution < -0.4 is 0 Å². The number of rotatable bonds is 2. The maximum Gasteiger partial charge on any atom is 0.0541 e. The van der Waals surface area contributed by atoms with Crippen LogP contribution in [0.15, 0.2) is 152 Å². The molecule has 2 nitrogen and oxygen atoms in total. The van der Waals surface area contributed by atoms with Crippen LogP contribution >= 0.6 is 0 Å². The van der Waals surface area contributed by atoms with Gasteiger partial charge < -0.3 is 9.13 Å². The minimum absolute atomic E-state index is 0.00383. The van der Waals surface area contributed by atoms with E-state index in [1.54, 1.807) is 0 Å². The topological polar surface area (TPSA) is 9.86 Å². The SMILES string of the molecule is CC(C)(C)c1ccc2c(c1)C1(c3cc(C(C)(C)C)ccc3-2)c2cc(-n3c4ccccc4c4ccccc43)ccc2C2C=CC(n3c4c(c5ccccc53)CCC=C4)=CC21. The van der Waals surface area contributed by atoms with Gasteiger partial charge >= 0.3 is 0 Å². The maximum absolute atomic E-state index is 2.69. The molecule has 4 aliphatic carbocycles. The van der Waals surface area contributed by atoms with Crippen LogP contribution in [0.25, 0.3) is 61.3 Å². The quantitative estimate of drug-likeness (QED) is 0.166. The van der Waals surface area contributed by atoms with Crippen molar-refractivity contribution >= 4 is 44.5 Å². The molecular formula is C57H50N2. The molecule has 12 rings (SSSR count). The first-order chi connectivity index (χ1) is 28.5. The summed E-state index contributed by atoms with van der Waals surface area (Å²) >= 11 is 0. The Morgan fingerprint density at radius 1 is 0.559 bits per heavy atom. The first-order valence-corrected chi connectivity index (χ1v) is 21.7. The second-order valence-corrected chi connectivity index (χ2v) is 19.6. The van der Waals surface area contributed by atoms with Gasteiger partial charge in [-0.1, -0.05) is 157 Å². The van der Waals surface area contributed by atoms with Crippen molar-refractivity contribution < 1.29 is 0 Å². The summed E-state index contributed by atoms with van der Waals surface area (Å²) in [6, 6.07) is 49.3. The van der Waals surface area contributed by atoms with Crippen LogP contribution in [0.3, 0.4) is 0 Å². The van der Waals surface area contributed by atoms with Crippen molar-refractivity contribution in [1.82, 2.24) is 9.13 Å². The predicted molar refractivity (Wildman–Crippen MR) is 249 cm³/mol. The van der Waals surface area contributed by atoms with E-state index in [4.69, 9.17) is 0 Å². The number of hydrogen-bond donors (Lipinski definition) is 0. The van der Waals surface area contributed by atoms with Gasteiger partial charge in [-0.25, -0.2) is 0 Å². The number of hydrogen-bond acceptors (Lipinski definition) is 0. The zero-order valence-electron chi connectivity index (χ0n) is 35.0. The molecule has 0 saturated heterocycles. The molecule has 6 aromatic carbocycles. The minimum Gasteiger partial charge on any atom is -0.310 e. The summed E-state index contributed by atoms with van der Waals surface area (Å²) in [4.78, 5) is 0. The molecule has 2 unspecified atom stereocenters. The van der Waals surface area contributed by atoms with E-state index in [-0.39, 0.29) is 22.7 Å². The third-order valence-corrected chi connectivity index (χ3v) is 14.4. The van der Waals surface area contributed by atoms with E-state index in [9.17, 15) is 0 Å². The number of para-hydroxylation sites is 3. The van der Waals surface area contributed by atoms with Crippen molar-refractivity contribution in [2.75, 3.05) is 0 Å². The Morgan fingerprint density at radius 2 is 1.14 bits per heavy atom. The molecule has 0 radical (unpaired) electrons. The van der Waals surface area contributed by atoms with Crippen LogP contribution in [0.5, 0.6) is 0 Å². The normalized spacial score (nSPS) is 18.6. The number of nitrogens with zero attached hydrogens (tertiary/aromatic N) is 2. The molecule has 288 valence electrons. The van der Waals surface area contributed by atoms with Crippen LogP contribution in [-0.4, -0.2) is 9.13 Å². The fourth-order valence-corrected chi connectivity index (χ4v) is 11.6. The van der Waals surface area contributed by atoms with Gasteiger partial charge in [-0.15, -0.1) is 0 Å². The van der Waals surface area contributed by atoms with Crippen LogP contribution in [0, 0.1) is 5.92 Å². The Kier molecular flexibility index (Phi) is 7.08. The van der Waals surface area contributed by atoms with Gasteiger partial charge in [0.1, 0.15) is 0 Å². The van der Waals surface area contributed by atoms with Gasteiger partial charge in [0.25, 0.3) is 0 Å². The lowest BCUT2D eigenvalue weighted by Crippen LogP contribution is -2.34. The van der Waals surface area contributed by atoms with Crippen molar-refractivity contribution in [3.05, 3.63) is 196 Å². The van der Waals surface area contributed by atoms with Crippen LogP contribution in [0.4, 0.5) is 0 Å². The molecule has 8 aromatic rings. The highest BCUT2D eigenvalue weighted by atomic mass is 15.0. The summed E-state index contributed by atoms with van der Waals surface area (Å²) in [6.07, 6.45) is 14.6. The van der Waals surface area contributed by atoms with Crippen molar-refractivity contribution in [2.45, 2.75) is 76.5 Å². The summed E-state index contributed by atoms with van der Waals surface area (Å²) < 4.78 is 5.08. The molecule has 0 saturated carbocycles. The Morgan fingerprint density at radius 3 is 1.75 bits per heavy atom. The van der Waals surface area contributed by atoms with E-state index >= 15 is 0 Å². The van der Waals surface area contributed by atoms with E-state index in [0.29, 0.717) is 0 Å². The van der Waals surface area contributed by atoms with Crippen molar-refractivity contribution in [1.29, 1.82) is 0 Å². The van der Waals surface area contributed by atoms with Gasteiger partial charge in [0.2, 0.25) is 0 Å². The van der Waals surface area contributed by atoms with Gasteiger partial charge in [0, 0.05) is 45.1 Å². The number of fused-ring (bicyclic) bond motifs is 16. The average molecular weight is 763 g/mol. The fraction of sp³-hybridized carbons (Fsp3) is 0.228. The van der Waals surface area contributed by atoms with Gasteiger partial charge in [0.05, 0.1) is 22.0 Å². The smallest absolute Gasteiger partial charge is 0.0541 e. The Hall–Kier alpha value is -6.12. The number of aromatic nitrogens is 2. The highest BCUT2D eigenvalue weighted by Gasteiger charge is 2.58. The van der Waals surface area contributed by atoms with Crippen molar-refractivity contribution in [2.24, 2.45) is 5.92 Å². The Labute approximate surface area is 347 Å². The Bertz CT molecular complexity index is 3080. The van der Waals surface area contributed by atoms with Gasteiger partial charge in [-0.3, -0.25) is 0 Å². The first kappa shape index (κ1) is 34.9. The molecule has 2 aromatic heterocycles. The number of allylic oxidation sites excluding steroid dienone is 5. The molecule has 2 heterocycles. The lowest BCUT2D eigenvalue weighted by atomic mass is 9.64. The third kappa shape index (κ3) is 4.69. The lowest BCUT2D eigenvalue weighted by Gasteiger charge is -2.38. The molecule has 0 fully saturated rings. The van der Waals surface area contributed by atoms with Gasteiger partial charge in [-0.2, -0.15) is 0 Å². The molecule has 1 spiro atoms. The molecule has 0 N–H and O–H groups in total. The largest absolute Gasteiger partial charge is 0.310 e. The molecule has 0 bridgehead atoms. The molecule has 59 heavy (non-hydrogen) atoms. The standard InChI is InChI=1S/C57H50N2/c1-55(2,3)35-23-27-39-40-28-24-36(56(4,5)6)32-48(40)57(47(39)31-35)49-33-37(58-51-19-11-7-15-43(51)44-16-8-12-20-52(44)58)25-29-41(49)42-30-26-38(34-50(42)57)59-53-21-13-9-17-45(53)46-18-10-14-22-54(46)59/h7-9,11-17,19-34,42,50H,10,18H2,1-6H3. The van der Waals surface area contributed by atoms with Crippen LogP contribution in [0.2, 0.25) is 0 Å². The average Bonchev–Trinajstić information content (AvgIpc) is 3.94. The van der Waals surface area contributed by atoms with Crippen LogP contribution in [-0.2, 0) is 22.7 Å². The van der Waals surface area contributed by atoms with E-state index < -0.39 is 5.41 Å². The van der Waals surface area contributed by atoms with Gasteiger partial charge in [0.15, 0.2) is 0 Å². The zero-order valence-corrected chi connectivity index (χ0v) is 35.0. The Balaban J connectivity index is 1.20. The summed E-state index contributed by atoms with van der Waals surface area (Å²) in [6.45, 7) is 14.2. The summed E-state index contributed by atoms with van der Waals surface area (Å²) in [7, 11) is 0. The fourth-order valence-electron chi connectivity index (χ4n) is 11.6. The third-order valence-electron chi connectivity index (χ3n) is 14.4. The highest BCUT2D eigenvalue weighted by molar-refractivity contribution is 6.09. The predicted octanol–water partition coefficient (Wildman–Crippen LogP) is 14.4. The van der Waals surface area contributed by atoms with E-state index in [1.807, 2.05) is 0 Å². The molecule has 0 aliphatic heterocycles. The van der Waals surface area contributed by atoms with E-state index in [2.05, 4.69) is 208 Å². The maximum atomic E-state index is 2.69. The lowest BCUT2D eigenvalue weighted by molar-refractivity contribution is 0.462. The second kappa shape index (κ2) is 12.0. The molecule has 2 atom stereocenters. The summed E-state index contributed by atoms with van der Waals surface area (Å²) in [5, 5.41) is 3.96. The second-order valence-electron chi connectivity index (χ2n) is 19.6. The molecule has 0 amide bonds. The molecule has 4 aliphatic rings. The van der Waals surface area contributed by atoms with Crippen LogP contribution in [0.1, 0.15) is 98.5 Å². The number of benzene rings is 6. The van der Waals surface area contributed by atoms with E-state index in [0.717, 1.165) is 12.8 Å². The monoisotopic (exact) mass is 762 g/mol. The summed E-state index contributed by atoms with van der Waals surface area (Å²) in [5.41, 5.74) is 20.0. The molecular weight excluding hydrogens is 713 g/mol. The first-order valence-electron chi connectivity index (χ1n) is 21.7. The van der Waals surface area contributed by atoms with Crippen molar-refractivity contribution in [3.8, 4) is 16.8 Å². The van der Waals surface area contributed by atoms with Crippen molar-refractivity contribution in [3.63, 3.8) is 0 Å². The van der Waals surface area contributed by atoms with Gasteiger partial charge in [-0.05, 0) is 116 Å². The minimum atomic E-state index is -0.420. The molecule has 2 heteroatoms.